The van der Waals surface area contributed by atoms with Gasteiger partial charge in [0.2, 0.25) is 0 Å². The highest BCUT2D eigenvalue weighted by Gasteiger charge is 2.33. The topological polar surface area (TPSA) is 86.5 Å². The van der Waals surface area contributed by atoms with Crippen LogP contribution in [0, 0.1) is 6.92 Å². The normalized spacial score (nSPS) is 21.7. The summed E-state index contributed by atoms with van der Waals surface area (Å²) in [4.78, 5) is 21.1. The van der Waals surface area contributed by atoms with Gasteiger partial charge >= 0.3 is 0 Å². The van der Waals surface area contributed by atoms with Gasteiger partial charge in [-0.3, -0.25) is 9.89 Å². The van der Waals surface area contributed by atoms with Crippen molar-refractivity contribution in [3.05, 3.63) is 34.1 Å². The predicted octanol–water partition coefficient (Wildman–Crippen LogP) is 2.28. The molecule has 0 aliphatic carbocycles. The minimum Gasteiger partial charge on any atom is -0.308 e. The molecule has 1 unspecified atom stereocenters. The average Bonchev–Trinajstić information content (AvgIpc) is 3.18. The standard InChI is InChI=1S/C15H17N5OS/c1-8-9(7-17-20-8)11-6-10-12(22-11)13(21)19-14(18-10)15(2)4-3-5-16-15/h6-7,16H,3-5H2,1-2H3,(H,17,20)(H,18,19,21). The Morgan fingerprint density at radius 2 is 2.27 bits per heavy atom. The molecule has 4 rings (SSSR count). The third kappa shape index (κ3) is 2.00. The van der Waals surface area contributed by atoms with E-state index in [-0.39, 0.29) is 11.1 Å². The number of nitrogens with zero attached hydrogens (tertiary/aromatic N) is 2. The summed E-state index contributed by atoms with van der Waals surface area (Å²) in [6.07, 6.45) is 3.87. The monoisotopic (exact) mass is 315 g/mol. The molecule has 0 spiro atoms. The van der Waals surface area contributed by atoms with Gasteiger partial charge in [0, 0.05) is 16.1 Å². The van der Waals surface area contributed by atoms with Crippen LogP contribution >= 0.6 is 11.3 Å². The molecule has 1 aliphatic rings. The zero-order valence-corrected chi connectivity index (χ0v) is 13.3. The molecule has 3 aromatic heterocycles. The zero-order chi connectivity index (χ0) is 15.3. The molecule has 0 radical (unpaired) electrons. The predicted molar refractivity (Wildman–Crippen MR) is 87.1 cm³/mol. The third-order valence-electron chi connectivity index (χ3n) is 4.37. The van der Waals surface area contributed by atoms with Gasteiger partial charge in [-0.05, 0) is 39.3 Å². The number of nitrogens with one attached hydrogen (secondary N) is 3. The van der Waals surface area contributed by atoms with E-state index in [1.165, 1.54) is 11.3 Å². The smallest absolute Gasteiger partial charge is 0.268 e. The molecule has 114 valence electrons. The number of thiophene rings is 1. The lowest BCUT2D eigenvalue weighted by atomic mass is 9.99. The molecular formula is C15H17N5OS. The SMILES string of the molecule is Cc1[nH]ncc1-c1cc2nc(C3(C)CCCN3)[nH]c(=O)c2s1. The van der Waals surface area contributed by atoms with Gasteiger partial charge in [0.15, 0.2) is 0 Å². The summed E-state index contributed by atoms with van der Waals surface area (Å²) in [5.74, 6) is 0.732. The van der Waals surface area contributed by atoms with Crippen LogP contribution in [-0.2, 0) is 5.54 Å². The van der Waals surface area contributed by atoms with Crippen LogP contribution in [0.5, 0.6) is 0 Å². The molecule has 3 N–H and O–H groups in total. The Labute approximate surface area is 131 Å². The third-order valence-corrected chi connectivity index (χ3v) is 5.53. The lowest BCUT2D eigenvalue weighted by Gasteiger charge is -2.22. The first-order valence-corrected chi connectivity index (χ1v) is 8.18. The van der Waals surface area contributed by atoms with Gasteiger partial charge in [-0.1, -0.05) is 0 Å². The first kappa shape index (κ1) is 13.7. The van der Waals surface area contributed by atoms with Crippen LogP contribution in [0.15, 0.2) is 17.1 Å². The maximum absolute atomic E-state index is 12.4. The molecule has 0 aromatic carbocycles. The number of rotatable bonds is 2. The lowest BCUT2D eigenvalue weighted by Crippen LogP contribution is -2.36. The first-order valence-electron chi connectivity index (χ1n) is 7.36. The van der Waals surface area contributed by atoms with E-state index in [0.29, 0.717) is 4.70 Å². The van der Waals surface area contributed by atoms with Gasteiger partial charge in [-0.2, -0.15) is 5.10 Å². The van der Waals surface area contributed by atoms with Gasteiger partial charge in [0.25, 0.3) is 5.56 Å². The van der Waals surface area contributed by atoms with Crippen LogP contribution in [0.25, 0.3) is 20.7 Å². The van der Waals surface area contributed by atoms with E-state index in [1.54, 1.807) is 6.20 Å². The average molecular weight is 315 g/mol. The highest BCUT2D eigenvalue weighted by molar-refractivity contribution is 7.22. The van der Waals surface area contributed by atoms with E-state index >= 15 is 0 Å². The largest absolute Gasteiger partial charge is 0.308 e. The molecule has 1 saturated heterocycles. The van der Waals surface area contributed by atoms with Crippen LogP contribution in [0.1, 0.15) is 31.3 Å². The number of hydrogen-bond donors (Lipinski definition) is 3. The number of aromatic amines is 2. The Balaban J connectivity index is 1.88. The molecule has 22 heavy (non-hydrogen) atoms. The minimum atomic E-state index is -0.235. The second-order valence-electron chi connectivity index (χ2n) is 6.01. The van der Waals surface area contributed by atoms with Crippen molar-refractivity contribution in [2.24, 2.45) is 0 Å². The molecule has 6 nitrogen and oxygen atoms in total. The summed E-state index contributed by atoms with van der Waals surface area (Å²) in [6.45, 7) is 5.03. The summed E-state index contributed by atoms with van der Waals surface area (Å²) in [5.41, 5.74) is 2.48. The van der Waals surface area contributed by atoms with Crippen molar-refractivity contribution < 1.29 is 0 Å². The fraction of sp³-hybridized carbons (Fsp3) is 0.400. The fourth-order valence-corrected chi connectivity index (χ4v) is 4.09. The Hall–Kier alpha value is -1.99. The van der Waals surface area contributed by atoms with E-state index in [0.717, 1.165) is 46.9 Å². The van der Waals surface area contributed by atoms with Crippen LogP contribution < -0.4 is 10.9 Å². The van der Waals surface area contributed by atoms with Gasteiger partial charge in [0.05, 0.1) is 17.3 Å². The molecule has 1 atom stereocenters. The number of aromatic nitrogens is 4. The number of hydrogen-bond acceptors (Lipinski definition) is 5. The Morgan fingerprint density at radius 3 is 2.95 bits per heavy atom. The fourth-order valence-electron chi connectivity index (χ4n) is 3.03. The highest BCUT2D eigenvalue weighted by atomic mass is 32.1. The summed E-state index contributed by atoms with van der Waals surface area (Å²) >= 11 is 1.46. The highest BCUT2D eigenvalue weighted by Crippen LogP contribution is 2.33. The van der Waals surface area contributed by atoms with Crippen molar-refractivity contribution in [1.82, 2.24) is 25.5 Å². The van der Waals surface area contributed by atoms with Gasteiger partial charge in [-0.15, -0.1) is 11.3 Å². The van der Waals surface area contributed by atoms with E-state index in [1.807, 2.05) is 13.0 Å². The van der Waals surface area contributed by atoms with Crippen LogP contribution in [0.3, 0.4) is 0 Å². The second kappa shape index (κ2) is 4.76. The van der Waals surface area contributed by atoms with Gasteiger partial charge in [0.1, 0.15) is 10.5 Å². The van der Waals surface area contributed by atoms with Crippen LogP contribution in [0.4, 0.5) is 0 Å². The van der Waals surface area contributed by atoms with E-state index in [2.05, 4.69) is 27.4 Å². The van der Waals surface area contributed by atoms with Crippen molar-refractivity contribution in [3.63, 3.8) is 0 Å². The maximum atomic E-state index is 12.4. The van der Waals surface area contributed by atoms with E-state index in [4.69, 9.17) is 4.98 Å². The van der Waals surface area contributed by atoms with Crippen molar-refractivity contribution in [2.45, 2.75) is 32.2 Å². The van der Waals surface area contributed by atoms with Crippen molar-refractivity contribution in [1.29, 1.82) is 0 Å². The molecule has 0 saturated carbocycles. The Bertz CT molecular complexity index is 900. The van der Waals surface area contributed by atoms with Crippen LogP contribution in [0.2, 0.25) is 0 Å². The Morgan fingerprint density at radius 1 is 1.41 bits per heavy atom. The van der Waals surface area contributed by atoms with Gasteiger partial charge < -0.3 is 10.3 Å². The summed E-state index contributed by atoms with van der Waals surface area (Å²) < 4.78 is 0.668. The zero-order valence-electron chi connectivity index (χ0n) is 12.5. The van der Waals surface area contributed by atoms with Gasteiger partial charge in [-0.25, -0.2) is 4.98 Å². The second-order valence-corrected chi connectivity index (χ2v) is 7.06. The molecule has 0 amide bonds. The summed E-state index contributed by atoms with van der Waals surface area (Å²) in [7, 11) is 0. The number of fused-ring (bicyclic) bond motifs is 1. The Kier molecular flexibility index (Phi) is 2.95. The molecule has 7 heteroatoms. The van der Waals surface area contributed by atoms with Crippen LogP contribution in [-0.4, -0.2) is 26.7 Å². The summed E-state index contributed by atoms with van der Waals surface area (Å²) in [6, 6.07) is 1.98. The van der Waals surface area contributed by atoms with E-state index in [9.17, 15) is 4.79 Å². The molecule has 0 bridgehead atoms. The first-order chi connectivity index (χ1) is 10.6. The number of H-pyrrole nitrogens is 2. The van der Waals surface area contributed by atoms with E-state index < -0.39 is 0 Å². The van der Waals surface area contributed by atoms with Crippen molar-refractivity contribution in [3.8, 4) is 10.4 Å². The minimum absolute atomic E-state index is 0.0627. The quantitative estimate of drug-likeness (QED) is 0.677. The van der Waals surface area contributed by atoms with Crippen molar-refractivity contribution >= 4 is 21.6 Å². The lowest BCUT2D eigenvalue weighted by molar-refractivity contribution is 0.407. The molecule has 1 fully saturated rings. The molecular weight excluding hydrogens is 298 g/mol. The maximum Gasteiger partial charge on any atom is 0.268 e. The number of aryl methyl sites for hydroxylation is 1. The van der Waals surface area contributed by atoms with Crippen molar-refractivity contribution in [2.75, 3.05) is 6.54 Å². The molecule has 3 aromatic rings. The summed E-state index contributed by atoms with van der Waals surface area (Å²) in [5, 5.41) is 10.4. The molecule has 4 heterocycles. The molecule has 1 aliphatic heterocycles.